The van der Waals surface area contributed by atoms with Gasteiger partial charge in [0.25, 0.3) is 0 Å². The number of fused-ring (bicyclic) bond motifs is 1. The number of aliphatic hydroxyl groups excluding tert-OH is 2. The molecule has 2 heterocycles. The molecule has 6 heteroatoms. The Morgan fingerprint density at radius 3 is 2.61 bits per heavy atom. The first-order chi connectivity index (χ1) is 13.3. The summed E-state index contributed by atoms with van der Waals surface area (Å²) in [6.45, 7) is 4.18. The van der Waals surface area contributed by atoms with Gasteiger partial charge in [0.2, 0.25) is 0 Å². The van der Waals surface area contributed by atoms with E-state index in [2.05, 4.69) is 4.90 Å². The predicted octanol–water partition coefficient (Wildman–Crippen LogP) is 4.69. The van der Waals surface area contributed by atoms with Crippen LogP contribution in [0.4, 0.5) is 0 Å². The van der Waals surface area contributed by atoms with Gasteiger partial charge in [-0.2, -0.15) is 0 Å². The van der Waals surface area contributed by atoms with E-state index in [1.807, 2.05) is 31.2 Å². The summed E-state index contributed by atoms with van der Waals surface area (Å²) in [7, 11) is 0. The van der Waals surface area contributed by atoms with Gasteiger partial charge < -0.3 is 19.8 Å². The van der Waals surface area contributed by atoms with Crippen molar-refractivity contribution in [1.82, 2.24) is 4.90 Å². The number of halogens is 2. The maximum absolute atomic E-state index is 10.7. The number of piperidine rings is 1. The second-order valence-electron chi connectivity index (χ2n) is 8.04. The van der Waals surface area contributed by atoms with E-state index < -0.39 is 12.2 Å². The summed E-state index contributed by atoms with van der Waals surface area (Å²) < 4.78 is 6.37. The summed E-state index contributed by atoms with van der Waals surface area (Å²) >= 11 is 12.0. The molecule has 1 fully saturated rings. The summed E-state index contributed by atoms with van der Waals surface area (Å²) in [4.78, 5) is 2.23. The Balaban J connectivity index is 1.39. The number of likely N-dealkylation sites (tertiary alicyclic amines) is 1. The van der Waals surface area contributed by atoms with Gasteiger partial charge in [-0.3, -0.25) is 0 Å². The highest BCUT2D eigenvalue weighted by Gasteiger charge is 2.43. The molecule has 2 aliphatic rings. The Hall–Kier alpha value is -1.30. The van der Waals surface area contributed by atoms with Crippen molar-refractivity contribution in [3.8, 4) is 5.75 Å². The minimum atomic E-state index is -0.620. The molecule has 0 radical (unpaired) electrons. The molecule has 2 aliphatic heterocycles. The lowest BCUT2D eigenvalue weighted by Gasteiger charge is -2.46. The summed E-state index contributed by atoms with van der Waals surface area (Å²) in [6, 6.07) is 11.2. The van der Waals surface area contributed by atoms with Crippen LogP contribution in [0.5, 0.6) is 5.75 Å². The highest BCUT2D eigenvalue weighted by molar-refractivity contribution is 6.42. The summed E-state index contributed by atoms with van der Waals surface area (Å²) in [5.74, 6) is 0.800. The zero-order valence-electron chi connectivity index (χ0n) is 15.9. The fraction of sp³-hybridized carbons (Fsp3) is 0.455. The van der Waals surface area contributed by atoms with E-state index in [1.54, 1.807) is 12.1 Å². The molecule has 2 atom stereocenters. The number of benzene rings is 2. The Morgan fingerprint density at radius 2 is 1.89 bits per heavy atom. The largest absolute Gasteiger partial charge is 0.487 e. The standard InChI is InChI=1S/C22H25Cl2NO3/c1-14-2-5-21-16(10-14)19(26)12-22(28-21)6-8-25(9-7-22)13-20(27)15-3-4-17(23)18(24)11-15/h2-5,10-11,19-20,26-27H,6-9,12-13H2,1H3/t19-,20-/m0/s1. The van der Waals surface area contributed by atoms with Crippen LogP contribution in [0, 0.1) is 6.92 Å². The van der Waals surface area contributed by atoms with E-state index in [-0.39, 0.29) is 5.60 Å². The van der Waals surface area contributed by atoms with Crippen LogP contribution in [-0.4, -0.2) is 40.3 Å². The third kappa shape index (κ3) is 4.03. The minimum absolute atomic E-state index is 0.327. The average molecular weight is 422 g/mol. The zero-order valence-corrected chi connectivity index (χ0v) is 17.4. The van der Waals surface area contributed by atoms with E-state index in [4.69, 9.17) is 27.9 Å². The van der Waals surface area contributed by atoms with Crippen molar-refractivity contribution in [2.24, 2.45) is 0 Å². The van der Waals surface area contributed by atoms with Gasteiger partial charge in [-0.25, -0.2) is 0 Å². The quantitative estimate of drug-likeness (QED) is 0.754. The van der Waals surface area contributed by atoms with Crippen LogP contribution in [0.2, 0.25) is 10.0 Å². The molecule has 150 valence electrons. The third-order valence-corrected chi connectivity index (χ3v) is 6.68. The van der Waals surface area contributed by atoms with Crippen LogP contribution < -0.4 is 4.74 Å². The fourth-order valence-electron chi connectivity index (χ4n) is 4.28. The van der Waals surface area contributed by atoms with Crippen molar-refractivity contribution in [2.45, 2.75) is 44.0 Å². The monoisotopic (exact) mass is 421 g/mol. The van der Waals surface area contributed by atoms with Crippen LogP contribution in [-0.2, 0) is 0 Å². The van der Waals surface area contributed by atoms with Crippen LogP contribution in [0.1, 0.15) is 48.2 Å². The molecular formula is C22H25Cl2NO3. The number of rotatable bonds is 3. The normalized spacial score (nSPS) is 22.5. The maximum atomic E-state index is 10.7. The Kier molecular flexibility index (Phi) is 5.60. The van der Waals surface area contributed by atoms with Gasteiger partial charge in [0.1, 0.15) is 11.4 Å². The molecular weight excluding hydrogens is 397 g/mol. The smallest absolute Gasteiger partial charge is 0.125 e. The highest BCUT2D eigenvalue weighted by atomic mass is 35.5. The molecule has 2 aromatic carbocycles. The second kappa shape index (κ2) is 7.85. The highest BCUT2D eigenvalue weighted by Crippen LogP contribution is 2.44. The zero-order chi connectivity index (χ0) is 19.9. The van der Waals surface area contributed by atoms with E-state index in [0.717, 1.165) is 48.4 Å². The van der Waals surface area contributed by atoms with Gasteiger partial charge in [-0.15, -0.1) is 0 Å². The lowest BCUT2D eigenvalue weighted by Crippen LogP contribution is -2.51. The number of hydrogen-bond acceptors (Lipinski definition) is 4. The minimum Gasteiger partial charge on any atom is -0.487 e. The molecule has 28 heavy (non-hydrogen) atoms. The molecule has 0 amide bonds. The molecule has 4 nitrogen and oxygen atoms in total. The summed E-state index contributed by atoms with van der Waals surface area (Å²) in [6.07, 6.45) is 1.16. The van der Waals surface area contributed by atoms with Gasteiger partial charge in [0.05, 0.1) is 22.3 Å². The van der Waals surface area contributed by atoms with E-state index >= 15 is 0 Å². The molecule has 0 aliphatic carbocycles. The number of aryl methyl sites for hydroxylation is 1. The van der Waals surface area contributed by atoms with Crippen LogP contribution in [0.3, 0.4) is 0 Å². The molecule has 2 aromatic rings. The number of hydrogen-bond donors (Lipinski definition) is 2. The molecule has 0 unspecified atom stereocenters. The van der Waals surface area contributed by atoms with Crippen LogP contribution in [0.25, 0.3) is 0 Å². The van der Waals surface area contributed by atoms with Gasteiger partial charge in [-0.1, -0.05) is 40.9 Å². The van der Waals surface area contributed by atoms with Crippen LogP contribution in [0.15, 0.2) is 36.4 Å². The number of ether oxygens (including phenoxy) is 1. The Morgan fingerprint density at radius 1 is 1.14 bits per heavy atom. The van der Waals surface area contributed by atoms with Gasteiger partial charge in [-0.05, 0) is 49.6 Å². The topological polar surface area (TPSA) is 52.9 Å². The molecule has 0 aromatic heterocycles. The van der Waals surface area contributed by atoms with Gasteiger partial charge in [0.15, 0.2) is 0 Å². The molecule has 0 bridgehead atoms. The number of β-amino-alcohol motifs (C(OH)–C–C–N with tert-alkyl or cyclic N) is 1. The Bertz CT molecular complexity index is 865. The van der Waals surface area contributed by atoms with Gasteiger partial charge >= 0.3 is 0 Å². The summed E-state index contributed by atoms with van der Waals surface area (Å²) in [5, 5.41) is 22.2. The SMILES string of the molecule is Cc1ccc2c(c1)[C@@H](O)CC1(CCN(C[C@H](O)c3ccc(Cl)c(Cl)c3)CC1)O2. The molecule has 4 rings (SSSR count). The first kappa shape index (κ1) is 20.0. The van der Waals surface area contributed by atoms with E-state index in [0.29, 0.717) is 23.0 Å². The first-order valence-electron chi connectivity index (χ1n) is 9.68. The molecule has 1 spiro atoms. The maximum Gasteiger partial charge on any atom is 0.125 e. The lowest BCUT2D eigenvalue weighted by molar-refractivity contribution is -0.0588. The average Bonchev–Trinajstić information content (AvgIpc) is 2.67. The van der Waals surface area contributed by atoms with E-state index in [1.165, 1.54) is 0 Å². The second-order valence-corrected chi connectivity index (χ2v) is 8.85. The van der Waals surface area contributed by atoms with Crippen molar-refractivity contribution in [3.05, 3.63) is 63.1 Å². The fourth-order valence-corrected chi connectivity index (χ4v) is 4.58. The van der Waals surface area contributed by atoms with Crippen molar-refractivity contribution in [3.63, 3.8) is 0 Å². The van der Waals surface area contributed by atoms with Crippen molar-refractivity contribution in [2.75, 3.05) is 19.6 Å². The van der Waals surface area contributed by atoms with Crippen molar-refractivity contribution >= 4 is 23.2 Å². The molecule has 2 N–H and O–H groups in total. The molecule has 0 saturated carbocycles. The van der Waals surface area contributed by atoms with E-state index in [9.17, 15) is 10.2 Å². The number of aliphatic hydroxyl groups is 2. The predicted molar refractivity (Wildman–Crippen MR) is 111 cm³/mol. The number of nitrogens with zero attached hydrogens (tertiary/aromatic N) is 1. The van der Waals surface area contributed by atoms with Crippen LogP contribution >= 0.6 is 23.2 Å². The van der Waals surface area contributed by atoms with Crippen molar-refractivity contribution in [1.29, 1.82) is 0 Å². The van der Waals surface area contributed by atoms with Crippen molar-refractivity contribution < 1.29 is 14.9 Å². The molecule has 1 saturated heterocycles. The first-order valence-corrected chi connectivity index (χ1v) is 10.4. The lowest BCUT2D eigenvalue weighted by atomic mass is 9.81. The van der Waals surface area contributed by atoms with Gasteiger partial charge in [0, 0.05) is 31.6 Å². The summed E-state index contributed by atoms with van der Waals surface area (Å²) in [5.41, 5.74) is 2.46. The Labute approximate surface area is 175 Å². The third-order valence-electron chi connectivity index (χ3n) is 5.94.